The molecule has 0 spiro atoms. The molecule has 2 heteroatoms. The fourth-order valence-electron chi connectivity index (χ4n) is 6.02. The van der Waals surface area contributed by atoms with Crippen LogP contribution in [0.25, 0.3) is 0 Å². The van der Waals surface area contributed by atoms with E-state index in [1.54, 1.807) is 0 Å². The Balaban J connectivity index is 1.74. The minimum Gasteiger partial charge on any atom is -0.378 e. The van der Waals surface area contributed by atoms with Crippen LogP contribution in [0.1, 0.15) is 67.6 Å². The summed E-state index contributed by atoms with van der Waals surface area (Å²) in [7, 11) is 0. The van der Waals surface area contributed by atoms with E-state index < -0.39 is 0 Å². The maximum absolute atomic E-state index is 6.00. The predicted molar refractivity (Wildman–Crippen MR) is 126 cm³/mol. The lowest BCUT2D eigenvalue weighted by Crippen LogP contribution is -2.32. The summed E-state index contributed by atoms with van der Waals surface area (Å²) in [4.78, 5) is 0. The van der Waals surface area contributed by atoms with Gasteiger partial charge >= 0.3 is 0 Å². The maximum Gasteiger partial charge on any atom is 0.0559 e. The molecule has 0 saturated heterocycles. The molecule has 0 radical (unpaired) electrons. The second kappa shape index (κ2) is 6.99. The highest BCUT2D eigenvalue weighted by Crippen LogP contribution is 2.55. The van der Waals surface area contributed by atoms with Gasteiger partial charge in [0.05, 0.1) is 6.04 Å². The van der Waals surface area contributed by atoms with Gasteiger partial charge in [-0.1, -0.05) is 36.4 Å². The van der Waals surface area contributed by atoms with Gasteiger partial charge in [0.25, 0.3) is 0 Å². The molecule has 30 heavy (non-hydrogen) atoms. The van der Waals surface area contributed by atoms with Crippen LogP contribution in [0.4, 0.5) is 5.69 Å². The van der Waals surface area contributed by atoms with E-state index in [4.69, 9.17) is 5.73 Å². The topological polar surface area (TPSA) is 38.0 Å². The summed E-state index contributed by atoms with van der Waals surface area (Å²) >= 11 is 0. The highest BCUT2D eigenvalue weighted by atomic mass is 15.0. The van der Waals surface area contributed by atoms with Crippen molar-refractivity contribution in [3.8, 4) is 0 Å². The molecule has 0 amide bonds. The van der Waals surface area contributed by atoms with Crippen LogP contribution in [0.15, 0.2) is 42.5 Å². The van der Waals surface area contributed by atoms with Crippen molar-refractivity contribution >= 4 is 5.69 Å². The Morgan fingerprint density at radius 2 is 1.50 bits per heavy atom. The highest BCUT2D eigenvalue weighted by molar-refractivity contribution is 5.65. The molecule has 154 valence electrons. The van der Waals surface area contributed by atoms with E-state index in [1.165, 1.54) is 61.3 Å². The summed E-state index contributed by atoms with van der Waals surface area (Å²) in [6, 6.07) is 16.1. The van der Waals surface area contributed by atoms with Gasteiger partial charge in [0, 0.05) is 18.2 Å². The van der Waals surface area contributed by atoms with E-state index >= 15 is 0 Å². The molecule has 5 rings (SSSR count). The molecule has 0 aromatic heterocycles. The lowest BCUT2D eigenvalue weighted by Gasteiger charge is -2.40. The van der Waals surface area contributed by atoms with Crippen LogP contribution in [0.2, 0.25) is 0 Å². The summed E-state index contributed by atoms with van der Waals surface area (Å²) < 4.78 is 0. The smallest absolute Gasteiger partial charge is 0.0559 e. The fourth-order valence-corrected chi connectivity index (χ4v) is 6.02. The van der Waals surface area contributed by atoms with E-state index in [0.717, 1.165) is 6.42 Å². The zero-order valence-electron chi connectivity index (χ0n) is 18.8. The maximum atomic E-state index is 6.00. The molecule has 0 unspecified atom stereocenters. The first kappa shape index (κ1) is 19.4. The average Bonchev–Trinajstić information content (AvgIpc) is 3.16. The van der Waals surface area contributed by atoms with Gasteiger partial charge in [-0.3, -0.25) is 0 Å². The van der Waals surface area contributed by atoms with Crippen LogP contribution in [0, 0.1) is 40.5 Å². The monoisotopic (exact) mass is 396 g/mol. The van der Waals surface area contributed by atoms with Gasteiger partial charge in [-0.25, -0.2) is 0 Å². The van der Waals surface area contributed by atoms with Crippen molar-refractivity contribution in [1.29, 1.82) is 0 Å². The highest BCUT2D eigenvalue weighted by Gasteiger charge is 2.44. The van der Waals surface area contributed by atoms with Gasteiger partial charge < -0.3 is 11.1 Å². The molecule has 0 bridgehead atoms. The third-order valence-electron chi connectivity index (χ3n) is 8.07. The van der Waals surface area contributed by atoms with Crippen molar-refractivity contribution in [2.75, 3.05) is 5.32 Å². The number of rotatable bonds is 2. The Hall–Kier alpha value is -2.58. The number of nitrogens with one attached hydrogen (secondary N) is 1. The van der Waals surface area contributed by atoms with Gasteiger partial charge in [-0.05, 0) is 109 Å². The van der Waals surface area contributed by atoms with Gasteiger partial charge in [0.1, 0.15) is 0 Å². The van der Waals surface area contributed by atoms with Crippen molar-refractivity contribution in [2.45, 2.75) is 59.5 Å². The van der Waals surface area contributed by atoms with Crippen LogP contribution >= 0.6 is 0 Å². The first-order valence-electron chi connectivity index (χ1n) is 11.2. The molecule has 3 N–H and O–H groups in total. The number of nitrogens with two attached hydrogens (primary N) is 1. The molecule has 1 heterocycles. The Labute approximate surface area is 180 Å². The first-order valence-corrected chi connectivity index (χ1v) is 11.2. The number of fused-ring (bicyclic) bond motifs is 5. The van der Waals surface area contributed by atoms with E-state index in [-0.39, 0.29) is 0 Å². The molecule has 3 aromatic rings. The summed E-state index contributed by atoms with van der Waals surface area (Å²) in [5.41, 5.74) is 21.6. The van der Waals surface area contributed by atoms with Crippen molar-refractivity contribution in [3.05, 3.63) is 98.1 Å². The summed E-state index contributed by atoms with van der Waals surface area (Å²) in [6.07, 6.45) is 1.12. The lowest BCUT2D eigenvalue weighted by molar-refractivity contribution is 0.418. The van der Waals surface area contributed by atoms with Crippen LogP contribution in [-0.4, -0.2) is 0 Å². The van der Waals surface area contributed by atoms with Crippen LogP contribution in [0.3, 0.4) is 0 Å². The van der Waals surface area contributed by atoms with Gasteiger partial charge in [-0.2, -0.15) is 0 Å². The van der Waals surface area contributed by atoms with Crippen LogP contribution < -0.4 is 11.1 Å². The number of anilines is 1. The second-order valence-electron chi connectivity index (χ2n) is 9.33. The molecule has 3 atom stereocenters. The van der Waals surface area contributed by atoms with Crippen molar-refractivity contribution < 1.29 is 0 Å². The minimum absolute atomic E-state index is 0.316. The van der Waals surface area contributed by atoms with E-state index in [2.05, 4.69) is 82.4 Å². The molecule has 0 fully saturated rings. The quantitative estimate of drug-likeness (QED) is 0.544. The Morgan fingerprint density at radius 3 is 2.20 bits per heavy atom. The lowest BCUT2D eigenvalue weighted by atomic mass is 9.72. The van der Waals surface area contributed by atoms with E-state index in [9.17, 15) is 0 Å². The van der Waals surface area contributed by atoms with Gasteiger partial charge in [0.15, 0.2) is 0 Å². The number of hydrogen-bond acceptors (Lipinski definition) is 2. The Morgan fingerprint density at radius 1 is 0.833 bits per heavy atom. The first-order chi connectivity index (χ1) is 14.4. The molecule has 3 aromatic carbocycles. The zero-order chi connectivity index (χ0) is 21.2. The molecule has 0 saturated carbocycles. The SMILES string of the molecule is Cc1c(C)c(C)c([C@@H]2Nc3ccc(CN)cc3[C@H]3c4ccccc4C[C@H]32)c(C)c1C. The van der Waals surface area contributed by atoms with Crippen molar-refractivity contribution in [1.82, 2.24) is 0 Å². The molecular formula is C28H32N2. The van der Waals surface area contributed by atoms with Gasteiger partial charge in [-0.15, -0.1) is 0 Å². The van der Waals surface area contributed by atoms with E-state index in [0.29, 0.717) is 24.4 Å². The summed E-state index contributed by atoms with van der Waals surface area (Å²) in [6.45, 7) is 12.0. The number of benzene rings is 3. The third-order valence-corrected chi connectivity index (χ3v) is 8.07. The second-order valence-corrected chi connectivity index (χ2v) is 9.33. The molecular weight excluding hydrogens is 364 g/mol. The Bertz CT molecular complexity index is 1130. The average molecular weight is 397 g/mol. The minimum atomic E-state index is 0.316. The standard InChI is InChI=1S/C28H32N2/c1-15-16(2)18(4)26(19(5)17(15)3)28-24-13-21-8-6-7-9-22(21)27(24)23-12-20(14-29)10-11-25(23)30-28/h6-12,24,27-28,30H,13-14,29H2,1-5H3/t24-,27-,28-/m1/s1. The predicted octanol–water partition coefficient (Wildman–Crippen LogP) is 6.16. The van der Waals surface area contributed by atoms with Crippen molar-refractivity contribution in [2.24, 2.45) is 11.7 Å². The molecule has 1 aliphatic heterocycles. The molecule has 2 nitrogen and oxygen atoms in total. The van der Waals surface area contributed by atoms with Crippen LogP contribution in [0.5, 0.6) is 0 Å². The van der Waals surface area contributed by atoms with Crippen LogP contribution in [-0.2, 0) is 13.0 Å². The molecule has 1 aliphatic carbocycles. The van der Waals surface area contributed by atoms with E-state index in [1.807, 2.05) is 0 Å². The molecule has 2 aliphatic rings. The largest absolute Gasteiger partial charge is 0.378 e. The fraction of sp³-hybridized carbons (Fsp3) is 0.357. The summed E-state index contributed by atoms with van der Waals surface area (Å²) in [5.74, 6) is 0.941. The zero-order valence-corrected chi connectivity index (χ0v) is 18.8. The Kier molecular flexibility index (Phi) is 4.52. The normalized spacial score (nSPS) is 21.6. The van der Waals surface area contributed by atoms with Gasteiger partial charge in [0.2, 0.25) is 0 Å². The number of hydrogen-bond donors (Lipinski definition) is 2. The van der Waals surface area contributed by atoms with Crippen molar-refractivity contribution in [3.63, 3.8) is 0 Å². The third kappa shape index (κ3) is 2.66. The summed E-state index contributed by atoms with van der Waals surface area (Å²) in [5, 5.41) is 3.99.